The molecule has 0 aliphatic heterocycles. The summed E-state index contributed by atoms with van der Waals surface area (Å²) < 4.78 is 0. The molecule has 0 saturated heterocycles. The van der Waals surface area contributed by atoms with Gasteiger partial charge in [-0.15, -0.1) is 0 Å². The molecule has 0 aromatic heterocycles. The maximum Gasteiger partial charge on any atom is 0.241 e. The Labute approximate surface area is 146 Å². The molecule has 3 nitrogen and oxygen atoms in total. The highest BCUT2D eigenvalue weighted by molar-refractivity contribution is 6.36. The van der Waals surface area contributed by atoms with Gasteiger partial charge in [0, 0.05) is 11.1 Å². The minimum absolute atomic E-state index is 0.112. The minimum Gasteiger partial charge on any atom is -0.323 e. The number of hydrogen-bond acceptors (Lipinski definition) is 2. The van der Waals surface area contributed by atoms with E-state index in [1.165, 1.54) is 11.1 Å². The number of anilines is 1. The number of nitrogens with one attached hydrogen (secondary N) is 2. The molecule has 5 heteroatoms. The Balaban J connectivity index is 1.64. The number of halogens is 2. The fourth-order valence-electron chi connectivity index (χ4n) is 2.94. The molecule has 0 fully saturated rings. The van der Waals surface area contributed by atoms with E-state index >= 15 is 0 Å². The number of hydrogen-bond donors (Lipinski definition) is 2. The molecule has 1 amide bonds. The van der Waals surface area contributed by atoms with Crippen LogP contribution in [-0.2, 0) is 11.2 Å². The van der Waals surface area contributed by atoms with Crippen molar-refractivity contribution in [2.75, 3.05) is 5.32 Å². The molecule has 2 unspecified atom stereocenters. The highest BCUT2D eigenvalue weighted by atomic mass is 35.5. The predicted molar refractivity (Wildman–Crippen MR) is 95.2 cm³/mol. The zero-order valence-electron chi connectivity index (χ0n) is 12.8. The van der Waals surface area contributed by atoms with Crippen molar-refractivity contribution in [3.8, 4) is 0 Å². The van der Waals surface area contributed by atoms with Crippen LogP contribution >= 0.6 is 23.2 Å². The van der Waals surface area contributed by atoms with Gasteiger partial charge in [-0.2, -0.15) is 0 Å². The van der Waals surface area contributed by atoms with Gasteiger partial charge in [0.25, 0.3) is 0 Å². The molecule has 0 bridgehead atoms. The highest BCUT2D eigenvalue weighted by Gasteiger charge is 2.25. The van der Waals surface area contributed by atoms with E-state index in [2.05, 4.69) is 28.8 Å². The quantitative estimate of drug-likeness (QED) is 0.847. The summed E-state index contributed by atoms with van der Waals surface area (Å²) in [4.78, 5) is 12.4. The normalized spacial score (nSPS) is 17.6. The molecule has 2 aromatic carbocycles. The van der Waals surface area contributed by atoms with Gasteiger partial charge in [0.1, 0.15) is 0 Å². The molecular weight excluding hydrogens is 331 g/mol. The van der Waals surface area contributed by atoms with Crippen LogP contribution in [-0.4, -0.2) is 11.9 Å². The Hall–Kier alpha value is -1.55. The number of amides is 1. The summed E-state index contributed by atoms with van der Waals surface area (Å²) in [5.74, 6) is -0.112. The van der Waals surface area contributed by atoms with Crippen molar-refractivity contribution in [1.29, 1.82) is 0 Å². The van der Waals surface area contributed by atoms with Crippen LogP contribution in [0.2, 0.25) is 10.0 Å². The molecule has 0 spiro atoms. The third kappa shape index (κ3) is 3.69. The topological polar surface area (TPSA) is 41.1 Å². The fourth-order valence-corrected chi connectivity index (χ4v) is 3.40. The first-order chi connectivity index (χ1) is 11.0. The minimum atomic E-state index is -0.321. The van der Waals surface area contributed by atoms with Gasteiger partial charge in [-0.1, -0.05) is 47.5 Å². The van der Waals surface area contributed by atoms with E-state index in [1.54, 1.807) is 18.2 Å². The average molecular weight is 349 g/mol. The lowest BCUT2D eigenvalue weighted by Crippen LogP contribution is -2.39. The molecule has 3 rings (SSSR count). The summed E-state index contributed by atoms with van der Waals surface area (Å²) in [7, 11) is 0. The predicted octanol–water partition coefficient (Wildman–Crippen LogP) is 4.60. The van der Waals surface area contributed by atoms with Crippen LogP contribution < -0.4 is 10.6 Å². The molecule has 2 N–H and O–H groups in total. The van der Waals surface area contributed by atoms with E-state index in [-0.39, 0.29) is 18.0 Å². The van der Waals surface area contributed by atoms with Crippen LogP contribution in [0, 0.1) is 0 Å². The summed E-state index contributed by atoms with van der Waals surface area (Å²) in [6.07, 6.45) is 2.06. The maximum absolute atomic E-state index is 12.4. The second-order valence-electron chi connectivity index (χ2n) is 5.79. The Morgan fingerprint density at radius 3 is 2.78 bits per heavy atom. The molecule has 2 aromatic rings. The summed E-state index contributed by atoms with van der Waals surface area (Å²) >= 11 is 12.0. The van der Waals surface area contributed by atoms with Crippen molar-refractivity contribution < 1.29 is 4.79 Å². The van der Waals surface area contributed by atoms with Crippen molar-refractivity contribution in [1.82, 2.24) is 5.32 Å². The van der Waals surface area contributed by atoms with E-state index in [4.69, 9.17) is 23.2 Å². The summed E-state index contributed by atoms with van der Waals surface area (Å²) in [5.41, 5.74) is 3.22. The molecular formula is C18H18Cl2N2O. The lowest BCUT2D eigenvalue weighted by atomic mass is 10.1. The van der Waals surface area contributed by atoms with Crippen LogP contribution in [0.5, 0.6) is 0 Å². The number of carbonyl (C=O) groups is 1. The molecule has 0 radical (unpaired) electrons. The van der Waals surface area contributed by atoms with Gasteiger partial charge >= 0.3 is 0 Å². The number of carbonyl (C=O) groups excluding carboxylic acids is 1. The second-order valence-corrected chi connectivity index (χ2v) is 6.64. The summed E-state index contributed by atoms with van der Waals surface area (Å²) in [6.45, 7) is 1.86. The molecule has 23 heavy (non-hydrogen) atoms. The van der Waals surface area contributed by atoms with Gasteiger partial charge in [-0.25, -0.2) is 0 Å². The molecule has 0 heterocycles. The molecule has 1 aliphatic rings. The van der Waals surface area contributed by atoms with Gasteiger partial charge in [0.15, 0.2) is 0 Å². The van der Waals surface area contributed by atoms with Crippen molar-refractivity contribution in [3.63, 3.8) is 0 Å². The van der Waals surface area contributed by atoms with E-state index in [0.717, 1.165) is 12.8 Å². The van der Waals surface area contributed by atoms with E-state index in [1.807, 2.05) is 13.0 Å². The first-order valence-electron chi connectivity index (χ1n) is 7.64. The second kappa shape index (κ2) is 6.91. The summed E-state index contributed by atoms with van der Waals surface area (Å²) in [5, 5.41) is 7.23. The van der Waals surface area contributed by atoms with Crippen LogP contribution in [0.3, 0.4) is 0 Å². The Morgan fingerprint density at radius 2 is 2.00 bits per heavy atom. The van der Waals surface area contributed by atoms with Crippen molar-refractivity contribution >= 4 is 34.8 Å². The van der Waals surface area contributed by atoms with Gasteiger partial charge in [0.2, 0.25) is 5.91 Å². The van der Waals surface area contributed by atoms with Crippen molar-refractivity contribution in [3.05, 3.63) is 63.6 Å². The van der Waals surface area contributed by atoms with Crippen LogP contribution in [0.4, 0.5) is 5.69 Å². The number of fused-ring (bicyclic) bond motifs is 1. The summed E-state index contributed by atoms with van der Waals surface area (Å²) in [6, 6.07) is 13.3. The lowest BCUT2D eigenvalue weighted by Gasteiger charge is -2.20. The largest absolute Gasteiger partial charge is 0.323 e. The van der Waals surface area contributed by atoms with Crippen LogP contribution in [0.25, 0.3) is 0 Å². The van der Waals surface area contributed by atoms with Crippen molar-refractivity contribution in [2.45, 2.75) is 31.8 Å². The third-order valence-corrected chi connectivity index (χ3v) is 4.71. The first-order valence-corrected chi connectivity index (χ1v) is 8.40. The standard InChI is InChI=1S/C18H18Cl2N2O/c1-11(18(23)22-17-9-7-13(19)10-15(17)20)21-16-8-6-12-4-2-3-5-14(12)16/h2-5,7,9-11,16,21H,6,8H2,1H3,(H,22,23). The van der Waals surface area contributed by atoms with Gasteiger partial charge in [-0.3, -0.25) is 10.1 Å². The van der Waals surface area contributed by atoms with Gasteiger partial charge in [-0.05, 0) is 49.1 Å². The zero-order chi connectivity index (χ0) is 16.4. The molecule has 0 saturated carbocycles. The lowest BCUT2D eigenvalue weighted by molar-refractivity contribution is -0.118. The Morgan fingerprint density at radius 1 is 1.22 bits per heavy atom. The monoisotopic (exact) mass is 348 g/mol. The number of benzene rings is 2. The van der Waals surface area contributed by atoms with Crippen LogP contribution in [0.1, 0.15) is 30.5 Å². The van der Waals surface area contributed by atoms with Gasteiger partial charge in [0.05, 0.1) is 16.8 Å². The SMILES string of the molecule is CC(NC1CCc2ccccc21)C(=O)Nc1ccc(Cl)cc1Cl. The van der Waals surface area contributed by atoms with Crippen molar-refractivity contribution in [2.24, 2.45) is 0 Å². The Bertz CT molecular complexity index is 733. The smallest absolute Gasteiger partial charge is 0.241 e. The molecule has 1 aliphatic carbocycles. The Kier molecular flexibility index (Phi) is 4.90. The first kappa shape index (κ1) is 16.3. The number of rotatable bonds is 4. The van der Waals surface area contributed by atoms with E-state index in [0.29, 0.717) is 15.7 Å². The molecule has 120 valence electrons. The molecule has 2 atom stereocenters. The maximum atomic E-state index is 12.4. The third-order valence-electron chi connectivity index (χ3n) is 4.17. The van der Waals surface area contributed by atoms with Crippen LogP contribution in [0.15, 0.2) is 42.5 Å². The van der Waals surface area contributed by atoms with Gasteiger partial charge < -0.3 is 5.32 Å². The van der Waals surface area contributed by atoms with E-state index < -0.39 is 0 Å². The zero-order valence-corrected chi connectivity index (χ0v) is 14.3. The average Bonchev–Trinajstić information content (AvgIpc) is 2.93. The number of aryl methyl sites for hydroxylation is 1. The highest BCUT2D eigenvalue weighted by Crippen LogP contribution is 2.31. The fraction of sp³-hybridized carbons (Fsp3) is 0.278. The van der Waals surface area contributed by atoms with E-state index in [9.17, 15) is 4.79 Å².